The van der Waals surface area contributed by atoms with Gasteiger partial charge in [0.05, 0.1) is 12.0 Å². The zero-order valence-corrected chi connectivity index (χ0v) is 13.4. The fourth-order valence-electron chi connectivity index (χ4n) is 2.30. The van der Waals surface area contributed by atoms with Gasteiger partial charge in [0.25, 0.3) is 0 Å². The number of nitrogens with one attached hydrogen (secondary N) is 1. The number of hydrogen-bond acceptors (Lipinski definition) is 3. The Hall–Kier alpha value is -3.29. The first-order chi connectivity index (χ1) is 12.3. The van der Waals surface area contributed by atoms with Gasteiger partial charge in [-0.15, -0.1) is 0 Å². The van der Waals surface area contributed by atoms with Gasteiger partial charge in [-0.2, -0.15) is 0 Å². The van der Waals surface area contributed by atoms with Gasteiger partial charge >= 0.3 is 11.9 Å². The minimum Gasteiger partial charge on any atom is -0.480 e. The van der Waals surface area contributed by atoms with Crippen molar-refractivity contribution in [3.63, 3.8) is 0 Å². The largest absolute Gasteiger partial charge is 0.480 e. The second-order valence-corrected chi connectivity index (χ2v) is 5.58. The van der Waals surface area contributed by atoms with Crippen LogP contribution in [0.1, 0.15) is 21.5 Å². The van der Waals surface area contributed by atoms with Crippen LogP contribution >= 0.6 is 0 Å². The Morgan fingerprint density at radius 3 is 2.19 bits per heavy atom. The molecule has 0 unspecified atom stereocenters. The van der Waals surface area contributed by atoms with Crippen LogP contribution in [0.15, 0.2) is 42.5 Å². The van der Waals surface area contributed by atoms with Gasteiger partial charge in [0.2, 0.25) is 5.91 Å². The molecule has 0 spiro atoms. The summed E-state index contributed by atoms with van der Waals surface area (Å²) in [4.78, 5) is 34.1. The van der Waals surface area contributed by atoms with E-state index in [4.69, 9.17) is 5.11 Å². The third-order valence-corrected chi connectivity index (χ3v) is 3.64. The van der Waals surface area contributed by atoms with E-state index in [9.17, 15) is 28.3 Å². The zero-order valence-electron chi connectivity index (χ0n) is 13.4. The third kappa shape index (κ3) is 5.10. The van der Waals surface area contributed by atoms with Gasteiger partial charge in [0.15, 0.2) is 0 Å². The summed E-state index contributed by atoms with van der Waals surface area (Å²) >= 11 is 0. The second-order valence-electron chi connectivity index (χ2n) is 5.58. The molecule has 0 aliphatic heterocycles. The van der Waals surface area contributed by atoms with E-state index < -0.39 is 41.9 Å². The quantitative estimate of drug-likeness (QED) is 0.698. The number of aromatic carboxylic acids is 1. The zero-order chi connectivity index (χ0) is 19.3. The molecule has 0 heterocycles. The van der Waals surface area contributed by atoms with Gasteiger partial charge in [-0.1, -0.05) is 18.2 Å². The van der Waals surface area contributed by atoms with Crippen LogP contribution in [0.25, 0.3) is 0 Å². The number of rotatable bonds is 7. The molecule has 1 atom stereocenters. The van der Waals surface area contributed by atoms with Crippen LogP contribution in [0.2, 0.25) is 0 Å². The average molecular weight is 363 g/mol. The molecule has 1 amide bonds. The minimum absolute atomic E-state index is 0.0523. The number of aliphatic carboxylic acids is 1. The molecule has 0 saturated heterocycles. The van der Waals surface area contributed by atoms with Gasteiger partial charge in [-0.3, -0.25) is 4.79 Å². The van der Waals surface area contributed by atoms with Crippen molar-refractivity contribution in [2.24, 2.45) is 0 Å². The molecule has 0 saturated carbocycles. The highest BCUT2D eigenvalue weighted by Crippen LogP contribution is 2.11. The van der Waals surface area contributed by atoms with Crippen LogP contribution in [-0.4, -0.2) is 34.1 Å². The monoisotopic (exact) mass is 363 g/mol. The van der Waals surface area contributed by atoms with Crippen molar-refractivity contribution < 1.29 is 33.4 Å². The average Bonchev–Trinajstić information content (AvgIpc) is 2.57. The molecule has 0 aliphatic rings. The van der Waals surface area contributed by atoms with Crippen LogP contribution in [0.5, 0.6) is 0 Å². The Bertz CT molecular complexity index is 836. The van der Waals surface area contributed by atoms with E-state index in [2.05, 4.69) is 5.32 Å². The molecular formula is C18H15F2NO5. The molecule has 8 heteroatoms. The van der Waals surface area contributed by atoms with E-state index >= 15 is 0 Å². The molecule has 0 aromatic heterocycles. The van der Waals surface area contributed by atoms with Crippen molar-refractivity contribution in [1.82, 2.24) is 5.32 Å². The number of carboxylic acid groups (broad SMARTS) is 2. The third-order valence-electron chi connectivity index (χ3n) is 3.64. The van der Waals surface area contributed by atoms with Crippen LogP contribution < -0.4 is 5.32 Å². The first-order valence-corrected chi connectivity index (χ1v) is 7.54. The van der Waals surface area contributed by atoms with Crippen molar-refractivity contribution >= 4 is 17.8 Å². The van der Waals surface area contributed by atoms with Crippen molar-refractivity contribution in [2.75, 3.05) is 0 Å². The molecule has 26 heavy (non-hydrogen) atoms. The van der Waals surface area contributed by atoms with E-state index in [1.165, 1.54) is 24.3 Å². The topological polar surface area (TPSA) is 104 Å². The van der Waals surface area contributed by atoms with E-state index in [0.29, 0.717) is 11.6 Å². The van der Waals surface area contributed by atoms with E-state index in [0.717, 1.165) is 12.1 Å². The maximum atomic E-state index is 13.6. The van der Waals surface area contributed by atoms with Crippen LogP contribution in [0.3, 0.4) is 0 Å². The summed E-state index contributed by atoms with van der Waals surface area (Å²) in [7, 11) is 0. The van der Waals surface area contributed by atoms with Crippen LogP contribution in [0.4, 0.5) is 8.78 Å². The molecular weight excluding hydrogens is 348 g/mol. The first-order valence-electron chi connectivity index (χ1n) is 7.54. The van der Waals surface area contributed by atoms with Gasteiger partial charge < -0.3 is 15.5 Å². The lowest BCUT2D eigenvalue weighted by molar-refractivity contribution is -0.141. The number of hydrogen-bond donors (Lipinski definition) is 3. The number of halogens is 2. The lowest BCUT2D eigenvalue weighted by Crippen LogP contribution is -2.43. The number of carbonyl (C=O) groups is 3. The number of amides is 1. The Kier molecular flexibility index (Phi) is 6.00. The maximum Gasteiger partial charge on any atom is 0.335 e. The van der Waals surface area contributed by atoms with Crippen LogP contribution in [-0.2, 0) is 22.4 Å². The van der Waals surface area contributed by atoms with E-state index in [-0.39, 0.29) is 17.5 Å². The molecule has 2 aromatic carbocycles. The highest BCUT2D eigenvalue weighted by molar-refractivity contribution is 5.87. The molecule has 2 rings (SSSR count). The Balaban J connectivity index is 2.04. The summed E-state index contributed by atoms with van der Waals surface area (Å²) in [5.41, 5.74) is 0.506. The lowest BCUT2D eigenvalue weighted by atomic mass is 10.0. The Morgan fingerprint density at radius 2 is 1.65 bits per heavy atom. The highest BCUT2D eigenvalue weighted by Gasteiger charge is 2.21. The smallest absolute Gasteiger partial charge is 0.335 e. The van der Waals surface area contributed by atoms with E-state index in [1.807, 2.05) is 0 Å². The summed E-state index contributed by atoms with van der Waals surface area (Å²) in [6, 6.07) is 7.03. The molecule has 0 bridgehead atoms. The Labute approximate surface area is 147 Å². The molecule has 0 aliphatic carbocycles. The van der Waals surface area contributed by atoms with Crippen molar-refractivity contribution in [1.29, 1.82) is 0 Å². The van der Waals surface area contributed by atoms with Gasteiger partial charge in [-0.05, 0) is 29.3 Å². The van der Waals surface area contributed by atoms with Crippen LogP contribution in [0, 0.1) is 11.6 Å². The summed E-state index contributed by atoms with van der Waals surface area (Å²) in [6.45, 7) is 0. The molecule has 6 nitrogen and oxygen atoms in total. The normalized spacial score (nSPS) is 11.6. The molecule has 136 valence electrons. The summed E-state index contributed by atoms with van der Waals surface area (Å²) < 4.78 is 26.4. The number of carboxylic acids is 2. The molecule has 3 N–H and O–H groups in total. The minimum atomic E-state index is -1.29. The van der Waals surface area contributed by atoms with Gasteiger partial charge in [0, 0.05) is 12.5 Å². The molecule has 0 fully saturated rings. The molecule has 0 radical (unpaired) electrons. The highest BCUT2D eigenvalue weighted by atomic mass is 19.1. The Morgan fingerprint density at radius 1 is 1.00 bits per heavy atom. The van der Waals surface area contributed by atoms with Crippen molar-refractivity contribution in [3.8, 4) is 0 Å². The first kappa shape index (κ1) is 19.0. The molecule has 2 aromatic rings. The van der Waals surface area contributed by atoms with Crippen molar-refractivity contribution in [2.45, 2.75) is 18.9 Å². The summed E-state index contributed by atoms with van der Waals surface area (Å²) in [5.74, 6) is -4.80. The van der Waals surface area contributed by atoms with Crippen molar-refractivity contribution in [3.05, 3.63) is 70.8 Å². The number of carbonyl (C=O) groups excluding carboxylic acids is 1. The maximum absolute atomic E-state index is 13.6. The summed E-state index contributed by atoms with van der Waals surface area (Å²) in [6.07, 6.45) is -0.513. The SMILES string of the molecule is O=C(Cc1ccc(F)cc1F)N[C@@H](Cc1ccc(C(=O)O)cc1)C(=O)O. The lowest BCUT2D eigenvalue weighted by Gasteiger charge is -2.15. The fourth-order valence-corrected chi connectivity index (χ4v) is 2.30. The second kappa shape index (κ2) is 8.19. The number of benzene rings is 2. The predicted molar refractivity (Wildman–Crippen MR) is 86.7 cm³/mol. The predicted octanol–water partition coefficient (Wildman–Crippen LogP) is 2.02. The standard InChI is InChI=1S/C18H15F2NO5/c19-13-6-5-12(14(20)9-13)8-16(22)21-15(18(25)26)7-10-1-3-11(4-2-10)17(23)24/h1-6,9,15H,7-8H2,(H,21,22)(H,23,24)(H,25,26)/t15-/m0/s1. The van der Waals surface area contributed by atoms with E-state index in [1.54, 1.807) is 0 Å². The van der Waals surface area contributed by atoms with Gasteiger partial charge in [-0.25, -0.2) is 18.4 Å². The van der Waals surface area contributed by atoms with Gasteiger partial charge in [0.1, 0.15) is 17.7 Å². The summed E-state index contributed by atoms with van der Waals surface area (Å²) in [5, 5.41) is 20.4. The fraction of sp³-hybridized carbons (Fsp3) is 0.167.